The van der Waals surface area contributed by atoms with Crippen LogP contribution in [0.5, 0.6) is 5.75 Å². The van der Waals surface area contributed by atoms with Crippen LogP contribution in [0.2, 0.25) is 5.02 Å². The van der Waals surface area contributed by atoms with Crippen molar-refractivity contribution in [1.82, 2.24) is 9.97 Å². The highest BCUT2D eigenvalue weighted by Gasteiger charge is 2.24. The summed E-state index contributed by atoms with van der Waals surface area (Å²) in [5.41, 5.74) is 2.79. The molecular weight excluding hydrogens is 494 g/mol. The Kier molecular flexibility index (Phi) is 8.08. The lowest BCUT2D eigenvalue weighted by Gasteiger charge is -2.25. The molecule has 1 aliphatic rings. The average molecular weight is 520 g/mol. The molecule has 2 heterocycles. The summed E-state index contributed by atoms with van der Waals surface area (Å²) in [4.78, 5) is 22.7. The fraction of sp³-hybridized carbons (Fsp3) is 0.231. The molecule has 4 N–H and O–H groups in total. The lowest BCUT2D eigenvalue weighted by atomic mass is 10.1. The molecule has 1 aliphatic heterocycles. The van der Waals surface area contributed by atoms with Crippen molar-refractivity contribution >= 4 is 52.0 Å². The summed E-state index contributed by atoms with van der Waals surface area (Å²) >= 11 is 6.35. The molecule has 10 nitrogen and oxygen atoms in total. The number of halogens is 1. The quantitative estimate of drug-likeness (QED) is 0.299. The number of aromatic nitrogens is 2. The molecule has 0 unspecified atom stereocenters. The van der Waals surface area contributed by atoms with Crippen molar-refractivity contribution in [3.63, 3.8) is 0 Å². The van der Waals surface area contributed by atoms with Gasteiger partial charge >= 0.3 is 0 Å². The third kappa shape index (κ3) is 5.91. The minimum atomic E-state index is -0.390. The zero-order valence-electron chi connectivity index (χ0n) is 20.2. The Bertz CT molecular complexity index is 1360. The van der Waals surface area contributed by atoms with Crippen LogP contribution < -0.4 is 25.6 Å². The number of hydrogen-bond acceptors (Lipinski definition) is 9. The highest BCUT2D eigenvalue weighted by molar-refractivity contribution is 6.33. The SMILES string of the molecule is C=CC(=O)Nc1cc(OC)ccc1Nc1nc(Nc2ccc(N3CCC[C@H]3CO)cc2C#N)ncc1Cl. The number of carbonyl (C=O) groups excluding carboxylic acids is 1. The number of nitriles is 1. The lowest BCUT2D eigenvalue weighted by Crippen LogP contribution is -2.32. The predicted octanol–water partition coefficient (Wildman–Crippen LogP) is 4.58. The topological polar surface area (TPSA) is 135 Å². The minimum Gasteiger partial charge on any atom is -0.497 e. The maximum atomic E-state index is 11.9. The van der Waals surface area contributed by atoms with E-state index in [4.69, 9.17) is 16.3 Å². The summed E-state index contributed by atoms with van der Waals surface area (Å²) in [5.74, 6) is 0.666. The van der Waals surface area contributed by atoms with Gasteiger partial charge in [-0.3, -0.25) is 4.79 Å². The highest BCUT2D eigenvalue weighted by Crippen LogP contribution is 2.33. The van der Waals surface area contributed by atoms with E-state index in [0.717, 1.165) is 31.1 Å². The number of hydrogen-bond donors (Lipinski definition) is 4. The van der Waals surface area contributed by atoms with E-state index in [9.17, 15) is 15.2 Å². The number of aliphatic hydroxyl groups excluding tert-OH is 1. The second-order valence-electron chi connectivity index (χ2n) is 8.26. The van der Waals surface area contributed by atoms with Crippen molar-refractivity contribution in [1.29, 1.82) is 5.26 Å². The summed E-state index contributed by atoms with van der Waals surface area (Å²) in [5, 5.41) is 28.6. The number of rotatable bonds is 9. The van der Waals surface area contributed by atoms with E-state index in [1.165, 1.54) is 13.3 Å². The van der Waals surface area contributed by atoms with Crippen molar-refractivity contribution in [2.45, 2.75) is 18.9 Å². The minimum absolute atomic E-state index is 0.0534. The van der Waals surface area contributed by atoms with E-state index in [1.807, 2.05) is 6.07 Å². The van der Waals surface area contributed by atoms with Crippen molar-refractivity contribution in [3.05, 3.63) is 65.8 Å². The van der Waals surface area contributed by atoms with Gasteiger partial charge in [-0.15, -0.1) is 0 Å². The van der Waals surface area contributed by atoms with Gasteiger partial charge in [-0.1, -0.05) is 18.2 Å². The smallest absolute Gasteiger partial charge is 0.247 e. The Labute approximate surface area is 219 Å². The van der Waals surface area contributed by atoms with Crippen LogP contribution in [-0.4, -0.2) is 47.3 Å². The number of aliphatic hydroxyl groups is 1. The molecule has 11 heteroatoms. The molecule has 4 rings (SSSR count). The molecular formula is C26H26ClN7O3. The molecule has 0 aliphatic carbocycles. The maximum Gasteiger partial charge on any atom is 0.247 e. The van der Waals surface area contributed by atoms with Crippen molar-refractivity contribution in [2.24, 2.45) is 0 Å². The Morgan fingerprint density at radius 3 is 2.84 bits per heavy atom. The number of amides is 1. The number of carbonyl (C=O) groups is 1. The number of benzene rings is 2. The molecule has 1 fully saturated rings. The zero-order valence-corrected chi connectivity index (χ0v) is 20.9. The van der Waals surface area contributed by atoms with Crippen molar-refractivity contribution < 1.29 is 14.6 Å². The van der Waals surface area contributed by atoms with Gasteiger partial charge in [0.15, 0.2) is 5.82 Å². The molecule has 190 valence electrons. The second-order valence-corrected chi connectivity index (χ2v) is 8.67. The fourth-order valence-corrected chi connectivity index (χ4v) is 4.23. The number of methoxy groups -OCH3 is 1. The second kappa shape index (κ2) is 11.6. The van der Waals surface area contributed by atoms with E-state index in [1.54, 1.807) is 30.3 Å². The van der Waals surface area contributed by atoms with Crippen LogP contribution in [0.3, 0.4) is 0 Å². The molecule has 0 spiro atoms. The molecule has 1 saturated heterocycles. The van der Waals surface area contributed by atoms with Gasteiger partial charge in [-0.2, -0.15) is 10.2 Å². The Morgan fingerprint density at radius 2 is 2.11 bits per heavy atom. The van der Waals surface area contributed by atoms with Gasteiger partial charge in [-0.25, -0.2) is 4.98 Å². The van der Waals surface area contributed by atoms with Crippen LogP contribution in [-0.2, 0) is 4.79 Å². The van der Waals surface area contributed by atoms with E-state index in [-0.39, 0.29) is 35.3 Å². The standard InChI is InChI=1S/C26H26ClN7O3/c1-3-24(36)30-23-12-19(37-2)7-9-22(23)31-25-20(27)14-29-26(33-25)32-21-8-6-17(11-16(21)13-28)34-10-4-5-18(34)15-35/h3,6-9,11-12,14,18,35H,1,4-5,10,15H2,2H3,(H,30,36)(H2,29,31,32,33)/t18-/m0/s1. The lowest BCUT2D eigenvalue weighted by molar-refractivity contribution is -0.111. The fourth-order valence-electron chi connectivity index (χ4n) is 4.09. The molecule has 0 bridgehead atoms. The summed E-state index contributed by atoms with van der Waals surface area (Å²) < 4.78 is 5.25. The van der Waals surface area contributed by atoms with Gasteiger partial charge in [0.1, 0.15) is 16.8 Å². The third-order valence-corrected chi connectivity index (χ3v) is 6.23. The van der Waals surface area contributed by atoms with Gasteiger partial charge in [0.05, 0.1) is 48.6 Å². The molecule has 0 saturated carbocycles. The van der Waals surface area contributed by atoms with E-state index >= 15 is 0 Å². The van der Waals surface area contributed by atoms with Crippen LogP contribution in [0.25, 0.3) is 0 Å². The molecule has 2 aromatic carbocycles. The Morgan fingerprint density at radius 1 is 1.30 bits per heavy atom. The van der Waals surface area contributed by atoms with Gasteiger partial charge in [0.2, 0.25) is 11.9 Å². The highest BCUT2D eigenvalue weighted by atomic mass is 35.5. The molecule has 1 atom stereocenters. The number of nitrogens with one attached hydrogen (secondary N) is 3. The summed E-state index contributed by atoms with van der Waals surface area (Å²) in [6, 6.07) is 12.8. The molecule has 3 aromatic rings. The Hall–Kier alpha value is -4.33. The monoisotopic (exact) mass is 519 g/mol. The van der Waals surface area contributed by atoms with E-state index in [0.29, 0.717) is 28.4 Å². The van der Waals surface area contributed by atoms with Gasteiger partial charge in [-0.05, 0) is 49.2 Å². The third-order valence-electron chi connectivity index (χ3n) is 5.96. The number of ether oxygens (including phenoxy) is 1. The number of nitrogens with zero attached hydrogens (tertiary/aromatic N) is 4. The first-order chi connectivity index (χ1) is 17.9. The summed E-state index contributed by atoms with van der Waals surface area (Å²) in [6.07, 6.45) is 4.50. The van der Waals surface area contributed by atoms with Crippen molar-refractivity contribution in [2.75, 3.05) is 41.1 Å². The largest absolute Gasteiger partial charge is 0.497 e. The molecule has 1 amide bonds. The molecule has 1 aromatic heterocycles. The van der Waals surface area contributed by atoms with Crippen LogP contribution >= 0.6 is 11.6 Å². The first kappa shape index (κ1) is 25.8. The van der Waals surface area contributed by atoms with Gasteiger partial charge in [0.25, 0.3) is 0 Å². The van der Waals surface area contributed by atoms with Crippen LogP contribution in [0.15, 0.2) is 55.3 Å². The summed E-state index contributed by atoms with van der Waals surface area (Å²) in [7, 11) is 1.53. The van der Waals surface area contributed by atoms with Gasteiger partial charge < -0.3 is 30.7 Å². The predicted molar refractivity (Wildman–Crippen MR) is 144 cm³/mol. The zero-order chi connectivity index (χ0) is 26.4. The molecule has 37 heavy (non-hydrogen) atoms. The van der Waals surface area contributed by atoms with E-state index < -0.39 is 0 Å². The van der Waals surface area contributed by atoms with Crippen molar-refractivity contribution in [3.8, 4) is 11.8 Å². The van der Waals surface area contributed by atoms with Crippen LogP contribution in [0.4, 0.5) is 34.5 Å². The van der Waals surface area contributed by atoms with Crippen LogP contribution in [0, 0.1) is 11.3 Å². The van der Waals surface area contributed by atoms with E-state index in [2.05, 4.69) is 43.5 Å². The summed E-state index contributed by atoms with van der Waals surface area (Å²) in [6.45, 7) is 4.38. The normalized spacial score (nSPS) is 14.5. The Balaban J connectivity index is 1.59. The van der Waals surface area contributed by atoms with Gasteiger partial charge in [0, 0.05) is 18.3 Å². The first-order valence-electron chi connectivity index (χ1n) is 11.6. The average Bonchev–Trinajstić information content (AvgIpc) is 3.40. The van der Waals surface area contributed by atoms with Crippen LogP contribution in [0.1, 0.15) is 18.4 Å². The maximum absolute atomic E-state index is 11.9. The first-order valence-corrected chi connectivity index (χ1v) is 11.9. The number of anilines is 6. The molecule has 0 radical (unpaired) electrons.